The third-order valence-electron chi connectivity index (χ3n) is 1.59. The summed E-state index contributed by atoms with van der Waals surface area (Å²) in [6.07, 6.45) is 0. The molecule has 0 aliphatic rings. The van der Waals surface area contributed by atoms with Gasteiger partial charge in [-0.1, -0.05) is 23.2 Å². The van der Waals surface area contributed by atoms with Gasteiger partial charge in [0.25, 0.3) is 0 Å². The van der Waals surface area contributed by atoms with Crippen molar-refractivity contribution in [2.45, 2.75) is 11.2 Å². The van der Waals surface area contributed by atoms with Crippen molar-refractivity contribution < 1.29 is 98.0 Å². The van der Waals surface area contributed by atoms with Gasteiger partial charge in [0.1, 0.15) is 23.3 Å². The molecular formula is C4H8Cl2O14P4U. The molecule has 0 saturated heterocycles. The first kappa shape index (κ1) is 31.8. The molecule has 4 unspecified atom stereocenters. The van der Waals surface area contributed by atoms with Gasteiger partial charge in [-0.2, -0.15) is 0 Å². The van der Waals surface area contributed by atoms with E-state index in [-0.39, 0.29) is 31.1 Å². The van der Waals surface area contributed by atoms with Crippen molar-refractivity contribution in [1.29, 1.82) is 0 Å². The Balaban J connectivity index is -0.000000372. The summed E-state index contributed by atoms with van der Waals surface area (Å²) < 4.78 is 48.2. The maximum absolute atomic E-state index is 10.5. The predicted octanol–water partition coefficient (Wildman–Crippen LogP) is -4.12. The van der Waals surface area contributed by atoms with E-state index in [1.807, 2.05) is 0 Å². The smallest absolute Gasteiger partial charge is 0.809 e. The molecular weight excluding hydrogens is 705 g/mol. The summed E-state index contributed by atoms with van der Waals surface area (Å²) in [6, 6.07) is -1.73. The van der Waals surface area contributed by atoms with Gasteiger partial charge < -0.3 is 66.9 Å². The van der Waals surface area contributed by atoms with E-state index in [0.29, 0.717) is 0 Å². The first-order chi connectivity index (χ1) is 10.4. The zero-order chi connectivity index (χ0) is 20.0. The molecule has 0 aromatic heterocycles. The second-order valence-electron chi connectivity index (χ2n) is 3.33. The Morgan fingerprint density at radius 3 is 1.04 bits per heavy atom. The largest absolute Gasteiger partial charge is 6.00 e. The van der Waals surface area contributed by atoms with Gasteiger partial charge in [0, 0.05) is 0 Å². The van der Waals surface area contributed by atoms with Crippen LogP contribution in [-0.4, -0.2) is 33.5 Å². The molecule has 146 valence electrons. The van der Waals surface area contributed by atoms with Crippen LogP contribution >= 0.6 is 53.6 Å². The Kier molecular flexibility index (Phi) is 16.1. The van der Waals surface area contributed by atoms with Crippen molar-refractivity contribution in [2.75, 3.05) is 12.1 Å². The standard InChI is InChI=1S/2C2H7ClO7P2.U/c2*3-1-10-12(8,9)2(4)11(5,6)7;/h2*2,4H,1H2,(H,8,9)(H2,5,6,7);/q;;+6/p-6. The quantitative estimate of drug-likeness (QED) is 0.179. The van der Waals surface area contributed by atoms with E-state index in [1.54, 1.807) is 0 Å². The van der Waals surface area contributed by atoms with Crippen molar-refractivity contribution in [3.8, 4) is 0 Å². The molecule has 0 bridgehead atoms. The Hall–Kier alpha value is 2.15. The summed E-state index contributed by atoms with van der Waals surface area (Å²) in [7, 11) is -21.5. The van der Waals surface area contributed by atoms with Gasteiger partial charge >= 0.3 is 31.1 Å². The molecule has 0 saturated carbocycles. The molecule has 2 N–H and O–H groups in total. The molecule has 0 aromatic carbocycles. The number of hydrogen-bond donors (Lipinski definition) is 2. The van der Waals surface area contributed by atoms with Crippen LogP contribution in [-0.2, 0) is 27.3 Å². The Morgan fingerprint density at radius 1 is 0.720 bits per heavy atom. The molecule has 0 amide bonds. The van der Waals surface area contributed by atoms with E-state index < -0.39 is 53.7 Å². The second-order valence-corrected chi connectivity index (χ2v) is 11.4. The van der Waals surface area contributed by atoms with Crippen molar-refractivity contribution >= 4 is 53.6 Å². The summed E-state index contributed by atoms with van der Waals surface area (Å²) in [6.45, 7) is 0. The Morgan fingerprint density at radius 2 is 0.920 bits per heavy atom. The van der Waals surface area contributed by atoms with Crippen molar-refractivity contribution in [3.05, 3.63) is 0 Å². The minimum atomic E-state index is -5.61. The summed E-state index contributed by atoms with van der Waals surface area (Å²) in [4.78, 5) is 60.9. The normalized spacial score (nSPS) is 19.3. The molecule has 0 spiro atoms. The molecule has 0 aliphatic carbocycles. The van der Waals surface area contributed by atoms with Crippen molar-refractivity contribution in [3.63, 3.8) is 0 Å². The van der Waals surface area contributed by atoms with Crippen LogP contribution in [0.3, 0.4) is 0 Å². The fourth-order valence-electron chi connectivity index (χ4n) is 0.616. The summed E-state index contributed by atoms with van der Waals surface area (Å²) in [5.74, 6) is 0. The van der Waals surface area contributed by atoms with Gasteiger partial charge in [-0.25, -0.2) is 0 Å². The number of aliphatic hydroxyl groups excluding tert-OH is 2. The van der Waals surface area contributed by atoms with Gasteiger partial charge in [0.15, 0.2) is 15.2 Å². The van der Waals surface area contributed by atoms with Crippen LogP contribution in [0.15, 0.2) is 0 Å². The third-order valence-corrected chi connectivity index (χ3v) is 8.75. The van der Waals surface area contributed by atoms with E-state index >= 15 is 0 Å². The van der Waals surface area contributed by atoms with Crippen LogP contribution in [0.1, 0.15) is 0 Å². The van der Waals surface area contributed by atoms with Gasteiger partial charge in [-0.3, -0.25) is 0 Å². The number of halogens is 2. The number of alkyl halides is 2. The van der Waals surface area contributed by atoms with Gasteiger partial charge in [0.05, 0.1) is 0 Å². The van der Waals surface area contributed by atoms with Crippen LogP contribution in [0.25, 0.3) is 0 Å². The molecule has 0 heterocycles. The van der Waals surface area contributed by atoms with E-state index in [0.717, 1.165) is 0 Å². The molecule has 21 heteroatoms. The molecule has 25 heavy (non-hydrogen) atoms. The zero-order valence-electron chi connectivity index (χ0n) is 11.4. The predicted molar refractivity (Wildman–Crippen MR) is 66.0 cm³/mol. The maximum atomic E-state index is 10.5. The molecule has 4 atom stereocenters. The topological polar surface area (TPSA) is 266 Å². The van der Waals surface area contributed by atoms with Gasteiger partial charge in [0.2, 0.25) is 0 Å². The molecule has 0 fully saturated rings. The summed E-state index contributed by atoms with van der Waals surface area (Å²) >= 11 is 9.56. The van der Waals surface area contributed by atoms with Crippen molar-refractivity contribution in [2.24, 2.45) is 0 Å². The number of aliphatic hydroxyl groups is 2. The Bertz CT molecular complexity index is 523. The van der Waals surface area contributed by atoms with E-state index in [2.05, 4.69) is 9.05 Å². The molecule has 0 aromatic rings. The number of hydrogen-bond acceptors (Lipinski definition) is 14. The maximum Gasteiger partial charge on any atom is 6.00 e. The van der Waals surface area contributed by atoms with Gasteiger partial charge in [-0.05, 0) is 15.2 Å². The summed E-state index contributed by atoms with van der Waals surface area (Å²) in [5.41, 5.74) is -6.16. The number of rotatable bonds is 8. The fraction of sp³-hybridized carbons (Fsp3) is 1.00. The first-order valence-electron chi connectivity index (χ1n) is 4.85. The monoisotopic (exact) mass is 712 g/mol. The van der Waals surface area contributed by atoms with E-state index in [4.69, 9.17) is 33.4 Å². The van der Waals surface area contributed by atoms with E-state index in [1.165, 1.54) is 0 Å². The third kappa shape index (κ3) is 13.1. The van der Waals surface area contributed by atoms with Crippen molar-refractivity contribution in [1.82, 2.24) is 0 Å². The summed E-state index contributed by atoms with van der Waals surface area (Å²) in [5, 5.41) is 16.8. The van der Waals surface area contributed by atoms with Crippen LogP contribution < -0.4 is 29.4 Å². The fourth-order valence-corrected chi connectivity index (χ4v) is 5.14. The van der Waals surface area contributed by atoms with Gasteiger partial charge in [-0.15, -0.1) is 0 Å². The molecule has 0 radical (unpaired) electrons. The average molecular weight is 713 g/mol. The van der Waals surface area contributed by atoms with Crippen LogP contribution in [0.2, 0.25) is 0 Å². The molecule has 14 nitrogen and oxygen atoms in total. The van der Waals surface area contributed by atoms with E-state index in [9.17, 15) is 47.6 Å². The minimum absolute atomic E-state index is 0. The van der Waals surface area contributed by atoms with Crippen LogP contribution in [0.5, 0.6) is 0 Å². The van der Waals surface area contributed by atoms with Crippen LogP contribution in [0.4, 0.5) is 0 Å². The SMILES string of the molecule is O=P([O-])([O-])C(O)P(=O)([O-])OCCl.O=P([O-])([O-])C(O)P(=O)([O-])OCCl.[U+6]. The first-order valence-corrected chi connectivity index (χ1v) is 12.4. The molecule has 0 rings (SSSR count). The second kappa shape index (κ2) is 12.7. The zero-order valence-corrected chi connectivity index (χ0v) is 20.7. The Labute approximate surface area is 174 Å². The van der Waals surface area contributed by atoms with Crippen LogP contribution in [0, 0.1) is 31.1 Å². The average Bonchev–Trinajstić information content (AvgIpc) is 2.35. The molecule has 0 aliphatic heterocycles. The minimum Gasteiger partial charge on any atom is -0.809 e.